The van der Waals surface area contributed by atoms with Crippen molar-refractivity contribution in [1.29, 1.82) is 5.26 Å². The van der Waals surface area contributed by atoms with Crippen LogP contribution in [0.1, 0.15) is 121 Å². The number of nitriles is 1. The van der Waals surface area contributed by atoms with Gasteiger partial charge in [0.05, 0.1) is 0 Å². The fourth-order valence-electron chi connectivity index (χ4n) is 6.60. The van der Waals surface area contributed by atoms with Gasteiger partial charge in [-0.15, -0.1) is 0 Å². The topological polar surface area (TPSA) is 23.8 Å². The first-order valence-electron chi connectivity index (χ1n) is 14.5. The summed E-state index contributed by atoms with van der Waals surface area (Å²) in [5.41, 5.74) is 3.02. The van der Waals surface area contributed by atoms with Gasteiger partial charge < -0.3 is 0 Å². The van der Waals surface area contributed by atoms with Gasteiger partial charge in [0.15, 0.2) is 5.83 Å². The van der Waals surface area contributed by atoms with Gasteiger partial charge in [-0.25, -0.2) is 0 Å². The summed E-state index contributed by atoms with van der Waals surface area (Å²) in [6.45, 7) is 2.27. The van der Waals surface area contributed by atoms with Gasteiger partial charge in [0.1, 0.15) is 6.07 Å². The van der Waals surface area contributed by atoms with Crippen molar-refractivity contribution in [1.82, 2.24) is 0 Å². The molecule has 3 rings (SSSR count). The molecule has 0 spiro atoms. The third-order valence-corrected chi connectivity index (χ3v) is 8.87. The Hall–Kier alpha value is -1.62. The first kappa shape index (κ1) is 27.0. The van der Waals surface area contributed by atoms with Crippen molar-refractivity contribution in [3.63, 3.8) is 0 Å². The molecule has 0 bridgehead atoms. The summed E-state index contributed by atoms with van der Waals surface area (Å²) in [6.07, 6.45) is 25.1. The van der Waals surface area contributed by atoms with E-state index in [0.29, 0.717) is 0 Å². The van der Waals surface area contributed by atoms with E-state index >= 15 is 0 Å². The molecule has 2 heteroatoms. The molecule has 0 amide bonds. The molecule has 0 saturated heterocycles. The van der Waals surface area contributed by atoms with Crippen molar-refractivity contribution < 1.29 is 4.39 Å². The number of nitrogens with zero attached hydrogens (tertiary/aromatic N) is 1. The monoisotopic (exact) mass is 465 g/mol. The molecule has 2 fully saturated rings. The lowest BCUT2D eigenvalue weighted by Gasteiger charge is -2.38. The lowest BCUT2D eigenvalue weighted by Crippen LogP contribution is -2.25. The Kier molecular flexibility index (Phi) is 12.2. The summed E-state index contributed by atoms with van der Waals surface area (Å²) < 4.78 is 13.0. The highest BCUT2D eigenvalue weighted by molar-refractivity contribution is 5.22. The maximum absolute atomic E-state index is 13.0. The molecule has 1 aromatic carbocycles. The van der Waals surface area contributed by atoms with E-state index in [1.807, 2.05) is 0 Å². The quantitative estimate of drug-likeness (QED) is 0.210. The molecule has 0 aromatic heterocycles. The Morgan fingerprint density at radius 3 is 1.79 bits per heavy atom. The number of hydrogen-bond donors (Lipinski definition) is 0. The lowest BCUT2D eigenvalue weighted by molar-refractivity contribution is 0.140. The van der Waals surface area contributed by atoms with Gasteiger partial charge in [-0.05, 0) is 105 Å². The normalized spacial score (nSPS) is 25.7. The Morgan fingerprint density at radius 1 is 0.794 bits per heavy atom. The second-order valence-corrected chi connectivity index (χ2v) is 11.3. The van der Waals surface area contributed by atoms with E-state index in [9.17, 15) is 4.39 Å². The molecule has 188 valence electrons. The molecule has 0 atom stereocenters. The third-order valence-electron chi connectivity index (χ3n) is 8.87. The maximum Gasteiger partial charge on any atom is 0.196 e. The molecule has 0 radical (unpaired) electrons. The number of halogens is 1. The minimum atomic E-state index is -0.614. The molecule has 2 aliphatic carbocycles. The molecule has 0 unspecified atom stereocenters. The third kappa shape index (κ3) is 9.56. The summed E-state index contributed by atoms with van der Waals surface area (Å²) in [5, 5.41) is 8.52. The maximum atomic E-state index is 13.0. The molecule has 2 aliphatic rings. The Bertz CT molecular complexity index is 742. The SMILES string of the molecule is CCCCCc1ccc(CCCC[C@H]2CC[C@H](C3CCC(CC/C=C(\F)C#N)CC3)CC2)cc1. The number of hydrogen-bond acceptors (Lipinski definition) is 1. The zero-order chi connectivity index (χ0) is 24.0. The van der Waals surface area contributed by atoms with Crippen LogP contribution in [0.25, 0.3) is 0 Å². The van der Waals surface area contributed by atoms with Gasteiger partial charge in [0.25, 0.3) is 0 Å². The predicted molar refractivity (Wildman–Crippen MR) is 142 cm³/mol. The summed E-state index contributed by atoms with van der Waals surface area (Å²) in [6, 6.07) is 11.0. The molecular formula is C32H48FN. The van der Waals surface area contributed by atoms with E-state index < -0.39 is 5.83 Å². The van der Waals surface area contributed by atoms with Gasteiger partial charge in [-0.3, -0.25) is 0 Å². The zero-order valence-corrected chi connectivity index (χ0v) is 21.7. The lowest BCUT2D eigenvalue weighted by atomic mass is 9.68. The number of unbranched alkanes of at least 4 members (excludes halogenated alkanes) is 3. The average molecular weight is 466 g/mol. The smallest absolute Gasteiger partial charge is 0.195 e. The van der Waals surface area contributed by atoms with Crippen molar-refractivity contribution in [2.45, 2.75) is 122 Å². The number of allylic oxidation sites excluding steroid dienone is 2. The fraction of sp³-hybridized carbons (Fsp3) is 0.719. The van der Waals surface area contributed by atoms with Crippen LogP contribution < -0.4 is 0 Å². The molecule has 1 aromatic rings. The van der Waals surface area contributed by atoms with E-state index in [4.69, 9.17) is 5.26 Å². The average Bonchev–Trinajstić information content (AvgIpc) is 2.88. The van der Waals surface area contributed by atoms with Crippen LogP contribution in [0.5, 0.6) is 0 Å². The largest absolute Gasteiger partial charge is 0.196 e. The second-order valence-electron chi connectivity index (χ2n) is 11.3. The van der Waals surface area contributed by atoms with Crippen LogP contribution in [0.4, 0.5) is 4.39 Å². The van der Waals surface area contributed by atoms with Crippen molar-refractivity contribution in [3.8, 4) is 6.07 Å². The zero-order valence-electron chi connectivity index (χ0n) is 21.7. The van der Waals surface area contributed by atoms with Gasteiger partial charge in [0, 0.05) is 0 Å². The van der Waals surface area contributed by atoms with Crippen molar-refractivity contribution in [2.24, 2.45) is 23.7 Å². The number of aryl methyl sites for hydroxylation is 2. The van der Waals surface area contributed by atoms with Crippen LogP contribution in [-0.4, -0.2) is 0 Å². The second kappa shape index (κ2) is 15.4. The Morgan fingerprint density at radius 2 is 1.29 bits per heavy atom. The van der Waals surface area contributed by atoms with E-state index in [0.717, 1.165) is 36.5 Å². The summed E-state index contributed by atoms with van der Waals surface area (Å²) in [5.74, 6) is 3.00. The molecule has 2 saturated carbocycles. The van der Waals surface area contributed by atoms with Gasteiger partial charge in [0.2, 0.25) is 0 Å². The van der Waals surface area contributed by atoms with E-state index in [-0.39, 0.29) is 0 Å². The van der Waals surface area contributed by atoms with Gasteiger partial charge >= 0.3 is 0 Å². The Labute approximate surface area is 209 Å². The van der Waals surface area contributed by atoms with E-state index in [1.165, 1.54) is 120 Å². The molecule has 0 aliphatic heterocycles. The van der Waals surface area contributed by atoms with Crippen LogP contribution in [0, 0.1) is 35.0 Å². The molecular weight excluding hydrogens is 417 g/mol. The highest BCUT2D eigenvalue weighted by Gasteiger charge is 2.30. The van der Waals surface area contributed by atoms with Crippen molar-refractivity contribution in [2.75, 3.05) is 0 Å². The highest BCUT2D eigenvalue weighted by Crippen LogP contribution is 2.43. The van der Waals surface area contributed by atoms with Gasteiger partial charge in [-0.2, -0.15) is 9.65 Å². The number of rotatable bonds is 13. The van der Waals surface area contributed by atoms with E-state index in [1.54, 1.807) is 6.07 Å². The van der Waals surface area contributed by atoms with Gasteiger partial charge in [-0.1, -0.05) is 82.6 Å². The minimum absolute atomic E-state index is 0.614. The number of benzene rings is 1. The predicted octanol–water partition coefficient (Wildman–Crippen LogP) is 9.90. The van der Waals surface area contributed by atoms with Crippen LogP contribution in [-0.2, 0) is 12.8 Å². The van der Waals surface area contributed by atoms with Crippen LogP contribution in [0.2, 0.25) is 0 Å². The molecule has 34 heavy (non-hydrogen) atoms. The molecule has 1 nitrogen and oxygen atoms in total. The Balaban J connectivity index is 1.24. The summed E-state index contributed by atoms with van der Waals surface area (Å²) >= 11 is 0. The summed E-state index contributed by atoms with van der Waals surface area (Å²) in [7, 11) is 0. The van der Waals surface area contributed by atoms with Crippen LogP contribution in [0.3, 0.4) is 0 Å². The molecule has 0 N–H and O–H groups in total. The van der Waals surface area contributed by atoms with Crippen molar-refractivity contribution >= 4 is 0 Å². The molecule has 0 heterocycles. The summed E-state index contributed by atoms with van der Waals surface area (Å²) in [4.78, 5) is 0. The van der Waals surface area contributed by atoms with Crippen molar-refractivity contribution in [3.05, 3.63) is 47.3 Å². The first-order chi connectivity index (χ1) is 16.7. The first-order valence-corrected chi connectivity index (χ1v) is 14.5. The minimum Gasteiger partial charge on any atom is -0.195 e. The van der Waals surface area contributed by atoms with E-state index in [2.05, 4.69) is 31.2 Å². The van der Waals surface area contributed by atoms with Crippen LogP contribution in [0.15, 0.2) is 36.2 Å². The van der Waals surface area contributed by atoms with Crippen LogP contribution >= 0.6 is 0 Å². The fourth-order valence-corrected chi connectivity index (χ4v) is 6.60. The highest BCUT2D eigenvalue weighted by atomic mass is 19.1. The standard InChI is InChI=1S/C32H48FN/c1-2-3-4-8-26-13-15-27(16-14-26)9-5-6-10-28-17-21-30(22-18-28)31-23-19-29(20-24-31)11-7-12-32(33)25-34/h12-16,28-31H,2-11,17-24H2,1H3/b32-12-/t28-,29?,30-,31?.